The summed E-state index contributed by atoms with van der Waals surface area (Å²) in [5.74, 6) is 0. The molecule has 1 N–H and O–H groups in total. The molecule has 0 bridgehead atoms. The Kier molecular flexibility index (Phi) is 4.34. The van der Waals surface area contributed by atoms with E-state index in [4.69, 9.17) is 4.74 Å². The lowest BCUT2D eigenvalue weighted by Crippen LogP contribution is -2.23. The standard InChI is InChI=1S/C16H21NO/c1-12(2)18-11-16(17-3)15-10-6-8-13-7-4-5-9-14(13)15/h4-10,12,16-17H,11H2,1-3H3. The predicted molar refractivity (Wildman–Crippen MR) is 76.8 cm³/mol. The van der Waals surface area contributed by atoms with Crippen LogP contribution < -0.4 is 5.32 Å². The molecule has 18 heavy (non-hydrogen) atoms. The lowest BCUT2D eigenvalue weighted by atomic mass is 9.99. The molecular formula is C16H21NO. The number of hydrogen-bond donors (Lipinski definition) is 1. The summed E-state index contributed by atoms with van der Waals surface area (Å²) in [6.07, 6.45) is 0.260. The summed E-state index contributed by atoms with van der Waals surface area (Å²) in [5.41, 5.74) is 1.30. The number of ether oxygens (including phenoxy) is 1. The molecule has 0 aliphatic rings. The van der Waals surface area contributed by atoms with E-state index in [-0.39, 0.29) is 12.1 Å². The van der Waals surface area contributed by atoms with Gasteiger partial charge >= 0.3 is 0 Å². The van der Waals surface area contributed by atoms with Crippen LogP contribution in [-0.4, -0.2) is 19.8 Å². The summed E-state index contributed by atoms with van der Waals surface area (Å²) in [5, 5.41) is 5.92. The lowest BCUT2D eigenvalue weighted by Gasteiger charge is -2.20. The van der Waals surface area contributed by atoms with Gasteiger partial charge in [0, 0.05) is 0 Å². The Morgan fingerprint density at radius 1 is 1.06 bits per heavy atom. The molecular weight excluding hydrogens is 222 g/mol. The van der Waals surface area contributed by atoms with E-state index in [0.29, 0.717) is 6.61 Å². The molecule has 0 aromatic heterocycles. The van der Waals surface area contributed by atoms with Crippen molar-refractivity contribution >= 4 is 10.8 Å². The van der Waals surface area contributed by atoms with E-state index in [9.17, 15) is 0 Å². The van der Waals surface area contributed by atoms with Crippen molar-refractivity contribution in [3.05, 3.63) is 48.0 Å². The molecule has 2 rings (SSSR count). The highest BCUT2D eigenvalue weighted by molar-refractivity contribution is 5.86. The minimum Gasteiger partial charge on any atom is -0.377 e. The highest BCUT2D eigenvalue weighted by Gasteiger charge is 2.12. The van der Waals surface area contributed by atoms with Gasteiger partial charge in [0.1, 0.15) is 0 Å². The minimum absolute atomic E-state index is 0.235. The first-order valence-electron chi connectivity index (χ1n) is 6.49. The fraction of sp³-hybridized carbons (Fsp3) is 0.375. The fourth-order valence-corrected chi connectivity index (χ4v) is 2.17. The van der Waals surface area contributed by atoms with Crippen LogP contribution >= 0.6 is 0 Å². The molecule has 2 nitrogen and oxygen atoms in total. The molecule has 0 heterocycles. The van der Waals surface area contributed by atoms with Gasteiger partial charge in [0.2, 0.25) is 0 Å². The van der Waals surface area contributed by atoms with Crippen molar-refractivity contribution in [3.8, 4) is 0 Å². The number of fused-ring (bicyclic) bond motifs is 1. The molecule has 0 aliphatic heterocycles. The number of hydrogen-bond acceptors (Lipinski definition) is 2. The summed E-state index contributed by atoms with van der Waals surface area (Å²) < 4.78 is 5.74. The highest BCUT2D eigenvalue weighted by Crippen LogP contribution is 2.24. The molecule has 0 spiro atoms. The molecule has 0 radical (unpaired) electrons. The second-order valence-corrected chi connectivity index (χ2v) is 4.79. The zero-order chi connectivity index (χ0) is 13.0. The highest BCUT2D eigenvalue weighted by atomic mass is 16.5. The van der Waals surface area contributed by atoms with Gasteiger partial charge in [0.15, 0.2) is 0 Å². The van der Waals surface area contributed by atoms with Gasteiger partial charge in [-0.05, 0) is 37.2 Å². The molecule has 1 unspecified atom stereocenters. The van der Waals surface area contributed by atoms with Crippen LogP contribution in [0.4, 0.5) is 0 Å². The maximum atomic E-state index is 5.74. The van der Waals surface area contributed by atoms with E-state index in [1.54, 1.807) is 0 Å². The maximum absolute atomic E-state index is 5.74. The van der Waals surface area contributed by atoms with Crippen LogP contribution in [0.2, 0.25) is 0 Å². The zero-order valence-electron chi connectivity index (χ0n) is 11.3. The molecule has 0 amide bonds. The van der Waals surface area contributed by atoms with Crippen LogP contribution in [0.1, 0.15) is 25.5 Å². The first-order chi connectivity index (χ1) is 8.72. The number of likely N-dealkylation sites (N-methyl/N-ethyl adjacent to an activating group) is 1. The molecule has 0 saturated carbocycles. The monoisotopic (exact) mass is 243 g/mol. The van der Waals surface area contributed by atoms with Crippen LogP contribution in [0.5, 0.6) is 0 Å². The molecule has 0 aliphatic carbocycles. The van der Waals surface area contributed by atoms with Gasteiger partial charge in [-0.15, -0.1) is 0 Å². The Bertz CT molecular complexity index is 502. The quantitative estimate of drug-likeness (QED) is 0.867. The van der Waals surface area contributed by atoms with Crippen molar-refractivity contribution in [3.63, 3.8) is 0 Å². The molecule has 1 atom stereocenters. The van der Waals surface area contributed by atoms with Crippen molar-refractivity contribution in [2.75, 3.05) is 13.7 Å². The van der Waals surface area contributed by atoms with Gasteiger partial charge in [0.25, 0.3) is 0 Å². The zero-order valence-corrected chi connectivity index (χ0v) is 11.3. The fourth-order valence-electron chi connectivity index (χ4n) is 2.17. The van der Waals surface area contributed by atoms with Gasteiger partial charge in [0.05, 0.1) is 18.8 Å². The van der Waals surface area contributed by atoms with Crippen LogP contribution in [0.3, 0.4) is 0 Å². The summed E-state index contributed by atoms with van der Waals surface area (Å²) in [6.45, 7) is 4.83. The summed E-state index contributed by atoms with van der Waals surface area (Å²) >= 11 is 0. The second kappa shape index (κ2) is 5.98. The van der Waals surface area contributed by atoms with E-state index in [2.05, 4.69) is 61.6 Å². The Hall–Kier alpha value is -1.38. The molecule has 2 aromatic carbocycles. The average molecular weight is 243 g/mol. The van der Waals surface area contributed by atoms with Gasteiger partial charge in [-0.2, -0.15) is 0 Å². The largest absolute Gasteiger partial charge is 0.377 e. The molecule has 96 valence electrons. The third-order valence-corrected chi connectivity index (χ3v) is 3.14. The molecule has 2 aromatic rings. The SMILES string of the molecule is CNC(COC(C)C)c1cccc2ccccc12. The van der Waals surface area contributed by atoms with Crippen molar-refractivity contribution in [2.24, 2.45) is 0 Å². The topological polar surface area (TPSA) is 21.3 Å². The normalized spacial score (nSPS) is 13.1. The Morgan fingerprint density at radius 3 is 2.50 bits per heavy atom. The smallest absolute Gasteiger partial charge is 0.0665 e. The number of benzene rings is 2. The van der Waals surface area contributed by atoms with Gasteiger partial charge < -0.3 is 10.1 Å². The van der Waals surface area contributed by atoms with E-state index >= 15 is 0 Å². The van der Waals surface area contributed by atoms with Crippen LogP contribution in [0.25, 0.3) is 10.8 Å². The molecule has 2 heteroatoms. The third kappa shape index (κ3) is 2.89. The Labute approximate surface area is 109 Å². The summed E-state index contributed by atoms with van der Waals surface area (Å²) in [7, 11) is 1.98. The van der Waals surface area contributed by atoms with Crippen molar-refractivity contribution in [1.82, 2.24) is 5.32 Å². The lowest BCUT2D eigenvalue weighted by molar-refractivity contribution is 0.0629. The van der Waals surface area contributed by atoms with E-state index in [0.717, 1.165) is 0 Å². The van der Waals surface area contributed by atoms with E-state index in [1.807, 2.05) is 7.05 Å². The van der Waals surface area contributed by atoms with Crippen molar-refractivity contribution < 1.29 is 4.74 Å². The third-order valence-electron chi connectivity index (χ3n) is 3.14. The average Bonchev–Trinajstić information content (AvgIpc) is 2.39. The Morgan fingerprint density at radius 2 is 1.78 bits per heavy atom. The molecule has 0 fully saturated rings. The summed E-state index contributed by atoms with van der Waals surface area (Å²) in [6, 6.07) is 15.1. The van der Waals surface area contributed by atoms with Crippen LogP contribution in [0, 0.1) is 0 Å². The van der Waals surface area contributed by atoms with Crippen molar-refractivity contribution in [1.29, 1.82) is 0 Å². The first-order valence-corrected chi connectivity index (χ1v) is 6.49. The van der Waals surface area contributed by atoms with Crippen LogP contribution in [0.15, 0.2) is 42.5 Å². The maximum Gasteiger partial charge on any atom is 0.0665 e. The number of rotatable bonds is 5. The second-order valence-electron chi connectivity index (χ2n) is 4.79. The van der Waals surface area contributed by atoms with E-state index in [1.165, 1.54) is 16.3 Å². The van der Waals surface area contributed by atoms with E-state index < -0.39 is 0 Å². The van der Waals surface area contributed by atoms with Crippen LogP contribution in [-0.2, 0) is 4.74 Å². The minimum atomic E-state index is 0.235. The first kappa shape index (κ1) is 13.1. The molecule has 0 saturated heterocycles. The summed E-state index contributed by atoms with van der Waals surface area (Å²) in [4.78, 5) is 0. The Balaban J connectivity index is 2.32. The van der Waals surface area contributed by atoms with Gasteiger partial charge in [-0.25, -0.2) is 0 Å². The van der Waals surface area contributed by atoms with Gasteiger partial charge in [-0.3, -0.25) is 0 Å². The number of nitrogens with one attached hydrogen (secondary N) is 1. The van der Waals surface area contributed by atoms with Gasteiger partial charge in [-0.1, -0.05) is 42.5 Å². The van der Waals surface area contributed by atoms with Crippen molar-refractivity contribution in [2.45, 2.75) is 26.0 Å². The predicted octanol–water partition coefficient (Wildman–Crippen LogP) is 3.53.